The summed E-state index contributed by atoms with van der Waals surface area (Å²) in [5.74, 6) is 1.79. The Kier molecular flexibility index (Phi) is 3.86. The molecule has 0 radical (unpaired) electrons. The number of carbonyl (C=O) groups is 1. The Morgan fingerprint density at radius 3 is 2.56 bits per heavy atom. The maximum absolute atomic E-state index is 13.1. The van der Waals surface area contributed by atoms with E-state index in [-0.39, 0.29) is 5.41 Å². The molecule has 0 spiro atoms. The van der Waals surface area contributed by atoms with E-state index in [1.54, 1.807) is 6.20 Å². The van der Waals surface area contributed by atoms with Crippen molar-refractivity contribution in [1.82, 2.24) is 14.9 Å². The number of oxazole rings is 1. The van der Waals surface area contributed by atoms with Crippen molar-refractivity contribution in [3.8, 4) is 11.3 Å². The van der Waals surface area contributed by atoms with Crippen LogP contribution in [0.2, 0.25) is 0 Å². The molecule has 0 N–H and O–H groups in total. The Morgan fingerprint density at radius 2 is 1.85 bits per heavy atom. The van der Waals surface area contributed by atoms with Gasteiger partial charge in [0.1, 0.15) is 5.78 Å². The third kappa shape index (κ3) is 2.96. The fourth-order valence-corrected chi connectivity index (χ4v) is 4.53. The highest BCUT2D eigenvalue weighted by Gasteiger charge is 2.44. The van der Waals surface area contributed by atoms with Crippen molar-refractivity contribution in [2.45, 2.75) is 32.6 Å². The molecular formula is C22H23N3O2. The van der Waals surface area contributed by atoms with Crippen molar-refractivity contribution in [1.29, 1.82) is 0 Å². The molecule has 5 heteroatoms. The van der Waals surface area contributed by atoms with E-state index >= 15 is 0 Å². The number of carbonyl (C=O) groups excluding carboxylic acids is 1. The van der Waals surface area contributed by atoms with E-state index in [2.05, 4.69) is 27.0 Å². The Labute approximate surface area is 158 Å². The van der Waals surface area contributed by atoms with Gasteiger partial charge in [-0.25, -0.2) is 4.98 Å². The number of piperidine rings is 3. The highest BCUT2D eigenvalue weighted by Crippen LogP contribution is 2.41. The van der Waals surface area contributed by atoms with E-state index in [1.807, 2.05) is 25.3 Å². The molecule has 3 aliphatic heterocycles. The van der Waals surface area contributed by atoms with Gasteiger partial charge in [0.15, 0.2) is 11.7 Å². The van der Waals surface area contributed by atoms with Crippen LogP contribution in [0.1, 0.15) is 30.8 Å². The van der Waals surface area contributed by atoms with Crippen LogP contribution in [0, 0.1) is 12.3 Å². The first-order valence-corrected chi connectivity index (χ1v) is 9.69. The van der Waals surface area contributed by atoms with Gasteiger partial charge < -0.3 is 9.32 Å². The van der Waals surface area contributed by atoms with Crippen LogP contribution in [0.25, 0.3) is 22.1 Å². The third-order valence-electron chi connectivity index (χ3n) is 6.34. The summed E-state index contributed by atoms with van der Waals surface area (Å²) >= 11 is 0. The first kappa shape index (κ1) is 16.6. The minimum Gasteiger partial charge on any atom is -0.441 e. The molecule has 3 aliphatic rings. The fraction of sp³-hybridized carbons (Fsp3) is 0.409. The average Bonchev–Trinajstić information content (AvgIpc) is 3.15. The molecule has 0 unspecified atom stereocenters. The molecule has 3 aromatic rings. The van der Waals surface area contributed by atoms with E-state index in [4.69, 9.17) is 4.42 Å². The number of nitrogens with zero attached hydrogens (tertiary/aromatic N) is 3. The summed E-state index contributed by atoms with van der Waals surface area (Å²) < 4.78 is 5.64. The summed E-state index contributed by atoms with van der Waals surface area (Å²) in [5.41, 5.74) is 1.75. The van der Waals surface area contributed by atoms with Gasteiger partial charge >= 0.3 is 0 Å². The van der Waals surface area contributed by atoms with Crippen LogP contribution in [-0.2, 0) is 11.2 Å². The van der Waals surface area contributed by atoms with E-state index < -0.39 is 0 Å². The molecule has 0 amide bonds. The van der Waals surface area contributed by atoms with Crippen LogP contribution in [0.3, 0.4) is 0 Å². The predicted octanol–water partition coefficient (Wildman–Crippen LogP) is 3.80. The lowest BCUT2D eigenvalue weighted by atomic mass is 9.68. The first-order chi connectivity index (χ1) is 13.1. The van der Waals surface area contributed by atoms with Gasteiger partial charge in [0, 0.05) is 41.6 Å². The normalized spacial score (nSPS) is 24.4. The zero-order valence-corrected chi connectivity index (χ0v) is 15.6. The maximum atomic E-state index is 13.1. The van der Waals surface area contributed by atoms with Crippen LogP contribution < -0.4 is 0 Å². The largest absolute Gasteiger partial charge is 0.441 e. The number of ketones is 1. The second-order valence-corrected chi connectivity index (χ2v) is 7.95. The van der Waals surface area contributed by atoms with Crippen LogP contribution in [0.15, 0.2) is 41.1 Å². The van der Waals surface area contributed by atoms with Gasteiger partial charge in [-0.3, -0.25) is 9.78 Å². The number of aryl methyl sites for hydroxylation is 1. The lowest BCUT2D eigenvalue weighted by Gasteiger charge is -2.47. The zero-order valence-electron chi connectivity index (χ0n) is 15.6. The van der Waals surface area contributed by atoms with Crippen LogP contribution in [0.5, 0.6) is 0 Å². The van der Waals surface area contributed by atoms with Crippen LogP contribution in [0.4, 0.5) is 0 Å². The van der Waals surface area contributed by atoms with E-state index in [0.29, 0.717) is 18.1 Å². The fourth-order valence-electron chi connectivity index (χ4n) is 4.53. The molecule has 5 heterocycles. The van der Waals surface area contributed by atoms with E-state index in [0.717, 1.165) is 66.7 Å². The molecule has 5 nitrogen and oxygen atoms in total. The van der Waals surface area contributed by atoms with Gasteiger partial charge in [-0.1, -0.05) is 12.1 Å². The number of rotatable bonds is 4. The van der Waals surface area contributed by atoms with Crippen molar-refractivity contribution >= 4 is 16.6 Å². The second kappa shape index (κ2) is 6.27. The predicted molar refractivity (Wildman–Crippen MR) is 103 cm³/mol. The van der Waals surface area contributed by atoms with Crippen LogP contribution >= 0.6 is 0 Å². The van der Waals surface area contributed by atoms with Gasteiger partial charge in [0.05, 0.1) is 6.20 Å². The number of hydrogen-bond donors (Lipinski definition) is 0. The second-order valence-electron chi connectivity index (χ2n) is 7.95. The minimum absolute atomic E-state index is 0.107. The van der Waals surface area contributed by atoms with E-state index in [1.165, 1.54) is 0 Å². The molecule has 138 valence electrons. The van der Waals surface area contributed by atoms with Crippen molar-refractivity contribution in [3.05, 3.63) is 48.2 Å². The number of hydrogen-bond acceptors (Lipinski definition) is 5. The smallest absolute Gasteiger partial charge is 0.191 e. The Bertz CT molecular complexity index is 1000. The summed E-state index contributed by atoms with van der Waals surface area (Å²) in [6.07, 6.45) is 7.07. The third-order valence-corrected chi connectivity index (χ3v) is 6.34. The molecule has 0 atom stereocenters. The highest BCUT2D eigenvalue weighted by molar-refractivity contribution is 5.89. The SMILES string of the molecule is Cc1ncc(-c2ccc3cnc(CC(=O)C45CCN(CC4)CC5)cc3c2)o1. The minimum atomic E-state index is -0.107. The summed E-state index contributed by atoms with van der Waals surface area (Å²) in [7, 11) is 0. The van der Waals surface area contributed by atoms with Gasteiger partial charge in [-0.05, 0) is 56.4 Å². The van der Waals surface area contributed by atoms with E-state index in [9.17, 15) is 4.79 Å². The van der Waals surface area contributed by atoms with Crippen molar-refractivity contribution < 1.29 is 9.21 Å². The number of benzene rings is 1. The highest BCUT2D eigenvalue weighted by atomic mass is 16.4. The molecule has 3 saturated heterocycles. The Morgan fingerprint density at radius 1 is 1.07 bits per heavy atom. The molecular weight excluding hydrogens is 338 g/mol. The topological polar surface area (TPSA) is 59.2 Å². The monoisotopic (exact) mass is 361 g/mol. The number of fused-ring (bicyclic) bond motifs is 4. The van der Waals surface area contributed by atoms with Gasteiger partial charge in [-0.15, -0.1) is 0 Å². The number of pyridine rings is 1. The first-order valence-electron chi connectivity index (χ1n) is 9.69. The molecule has 6 rings (SSSR count). The Hall–Kier alpha value is -2.53. The van der Waals surface area contributed by atoms with Crippen molar-refractivity contribution in [2.24, 2.45) is 5.41 Å². The Balaban J connectivity index is 1.42. The molecule has 1 aromatic carbocycles. The lowest BCUT2D eigenvalue weighted by molar-refractivity contribution is -0.135. The summed E-state index contributed by atoms with van der Waals surface area (Å²) in [4.78, 5) is 24.3. The van der Waals surface area contributed by atoms with Gasteiger partial charge in [0.2, 0.25) is 0 Å². The lowest BCUT2D eigenvalue weighted by Crippen LogP contribution is -2.52. The molecule has 2 bridgehead atoms. The summed E-state index contributed by atoms with van der Waals surface area (Å²) in [6, 6.07) is 8.19. The zero-order chi connectivity index (χ0) is 18.4. The molecule has 0 aliphatic carbocycles. The average molecular weight is 361 g/mol. The molecule has 3 fully saturated rings. The summed E-state index contributed by atoms with van der Waals surface area (Å²) in [5, 5.41) is 2.14. The molecule has 0 saturated carbocycles. The summed E-state index contributed by atoms with van der Waals surface area (Å²) in [6.45, 7) is 5.04. The molecule has 2 aromatic heterocycles. The standard InChI is InChI=1S/C22H23N3O2/c1-15-23-14-20(27-15)16-2-3-17-13-24-19(11-18(17)10-16)12-21(26)22-4-7-25(8-5-22)9-6-22/h2-3,10-11,13-14H,4-9,12H2,1H3. The quantitative estimate of drug-likeness (QED) is 0.707. The number of aromatic nitrogens is 2. The molecule has 27 heavy (non-hydrogen) atoms. The maximum Gasteiger partial charge on any atom is 0.191 e. The van der Waals surface area contributed by atoms with Crippen molar-refractivity contribution in [3.63, 3.8) is 0 Å². The number of Topliss-reactive ketones (excluding diaryl/α,β-unsaturated/α-hetero) is 1. The van der Waals surface area contributed by atoms with Gasteiger partial charge in [0.25, 0.3) is 0 Å². The van der Waals surface area contributed by atoms with Crippen molar-refractivity contribution in [2.75, 3.05) is 19.6 Å². The van der Waals surface area contributed by atoms with Crippen LogP contribution in [-0.4, -0.2) is 40.3 Å². The van der Waals surface area contributed by atoms with Gasteiger partial charge in [-0.2, -0.15) is 0 Å².